The van der Waals surface area contributed by atoms with Crippen molar-refractivity contribution < 1.29 is 9.90 Å². The van der Waals surface area contributed by atoms with E-state index in [2.05, 4.69) is 27.3 Å². The van der Waals surface area contributed by atoms with Crippen molar-refractivity contribution in [2.24, 2.45) is 0 Å². The Balaban J connectivity index is 1.81. The maximum absolute atomic E-state index is 12.4. The number of anilines is 1. The van der Waals surface area contributed by atoms with Crippen LogP contribution in [0.2, 0.25) is 0 Å². The van der Waals surface area contributed by atoms with Crippen molar-refractivity contribution in [2.75, 3.05) is 18.0 Å². The zero-order valence-corrected chi connectivity index (χ0v) is 11.5. The van der Waals surface area contributed by atoms with Crippen LogP contribution in [0.5, 0.6) is 0 Å². The fourth-order valence-electron chi connectivity index (χ4n) is 2.69. The first kappa shape index (κ1) is 12.1. The summed E-state index contributed by atoms with van der Waals surface area (Å²) in [5.74, 6) is 0.0765. The molecule has 1 saturated heterocycles. The van der Waals surface area contributed by atoms with Gasteiger partial charge in [0.25, 0.3) is 0 Å². The molecule has 2 aliphatic rings. The quantitative estimate of drug-likeness (QED) is 0.815. The number of carbonyl (C=O) groups is 1. The molecule has 1 amide bonds. The van der Waals surface area contributed by atoms with Gasteiger partial charge in [-0.1, -0.05) is 15.9 Å². The molecule has 1 aromatic rings. The van der Waals surface area contributed by atoms with Crippen molar-refractivity contribution >= 4 is 27.5 Å². The third-order valence-corrected chi connectivity index (χ3v) is 4.10. The van der Waals surface area contributed by atoms with Crippen LogP contribution in [0.15, 0.2) is 22.7 Å². The van der Waals surface area contributed by atoms with Crippen molar-refractivity contribution in [3.63, 3.8) is 0 Å². The van der Waals surface area contributed by atoms with Gasteiger partial charge in [-0.2, -0.15) is 0 Å². The van der Waals surface area contributed by atoms with E-state index in [1.807, 2.05) is 17.0 Å². The van der Waals surface area contributed by atoms with Crippen LogP contribution in [0, 0.1) is 0 Å². The number of benzene rings is 1. The lowest BCUT2D eigenvalue weighted by atomic mass is 10.1. The minimum Gasteiger partial charge on any atom is -0.392 e. The van der Waals surface area contributed by atoms with Gasteiger partial charge in [-0.3, -0.25) is 4.79 Å². The van der Waals surface area contributed by atoms with Crippen LogP contribution in [-0.4, -0.2) is 36.2 Å². The zero-order chi connectivity index (χ0) is 12.7. The summed E-state index contributed by atoms with van der Waals surface area (Å²) in [6.07, 6.45) is 1.02. The largest absolute Gasteiger partial charge is 0.392 e. The molecule has 3 rings (SSSR count). The molecule has 0 aromatic heterocycles. The number of rotatable bonds is 1. The van der Waals surface area contributed by atoms with Crippen LogP contribution in [0.25, 0.3) is 0 Å². The Kier molecular flexibility index (Phi) is 3.13. The molecule has 0 bridgehead atoms. The SMILES string of the molecule is O=C([C@H]1C[C@H](O)CN1)N1CCc2cc(Br)ccc21. The van der Waals surface area contributed by atoms with E-state index in [4.69, 9.17) is 0 Å². The van der Waals surface area contributed by atoms with Gasteiger partial charge in [0.15, 0.2) is 0 Å². The Morgan fingerprint density at radius 2 is 2.33 bits per heavy atom. The van der Waals surface area contributed by atoms with Crippen LogP contribution < -0.4 is 10.2 Å². The van der Waals surface area contributed by atoms with Gasteiger partial charge in [0.2, 0.25) is 5.91 Å². The number of β-amino-alcohol motifs (C(OH)–C–C–N with tert-alkyl or cyclic N) is 1. The molecule has 18 heavy (non-hydrogen) atoms. The molecule has 0 saturated carbocycles. The Morgan fingerprint density at radius 3 is 3.06 bits per heavy atom. The summed E-state index contributed by atoms with van der Waals surface area (Å²) in [7, 11) is 0. The second-order valence-electron chi connectivity index (χ2n) is 4.86. The first-order chi connectivity index (χ1) is 8.65. The van der Waals surface area contributed by atoms with Crippen molar-refractivity contribution in [3.8, 4) is 0 Å². The third-order valence-electron chi connectivity index (χ3n) is 3.61. The fraction of sp³-hybridized carbons (Fsp3) is 0.462. The molecule has 5 heteroatoms. The van der Waals surface area contributed by atoms with Crippen molar-refractivity contribution in [1.82, 2.24) is 5.32 Å². The van der Waals surface area contributed by atoms with Gasteiger partial charge in [0, 0.05) is 23.2 Å². The van der Waals surface area contributed by atoms with Gasteiger partial charge >= 0.3 is 0 Å². The number of carbonyl (C=O) groups excluding carboxylic acids is 1. The molecule has 2 N–H and O–H groups in total. The number of nitrogens with one attached hydrogen (secondary N) is 1. The highest BCUT2D eigenvalue weighted by Gasteiger charge is 2.34. The number of aliphatic hydroxyl groups excluding tert-OH is 1. The van der Waals surface area contributed by atoms with Crippen molar-refractivity contribution in [3.05, 3.63) is 28.2 Å². The molecule has 2 heterocycles. The third kappa shape index (κ3) is 2.06. The Labute approximate surface area is 114 Å². The van der Waals surface area contributed by atoms with E-state index in [-0.39, 0.29) is 11.9 Å². The van der Waals surface area contributed by atoms with Gasteiger partial charge in [-0.15, -0.1) is 0 Å². The Hall–Kier alpha value is -0.910. The van der Waals surface area contributed by atoms with Gasteiger partial charge in [-0.05, 0) is 36.6 Å². The van der Waals surface area contributed by atoms with E-state index in [0.29, 0.717) is 13.0 Å². The van der Waals surface area contributed by atoms with Crippen molar-refractivity contribution in [2.45, 2.75) is 25.0 Å². The minimum atomic E-state index is -0.397. The monoisotopic (exact) mass is 310 g/mol. The smallest absolute Gasteiger partial charge is 0.244 e. The topological polar surface area (TPSA) is 52.6 Å². The van der Waals surface area contributed by atoms with E-state index in [0.717, 1.165) is 23.1 Å². The summed E-state index contributed by atoms with van der Waals surface area (Å²) in [6, 6.07) is 5.77. The Bertz CT molecular complexity index is 492. The molecular formula is C13H15BrN2O2. The van der Waals surface area contributed by atoms with Crippen LogP contribution in [0.4, 0.5) is 5.69 Å². The summed E-state index contributed by atoms with van der Waals surface area (Å²) >= 11 is 3.45. The summed E-state index contributed by atoms with van der Waals surface area (Å²) in [6.45, 7) is 1.25. The predicted molar refractivity (Wildman–Crippen MR) is 72.6 cm³/mol. The molecule has 0 aliphatic carbocycles. The average Bonchev–Trinajstić information content (AvgIpc) is 2.94. The van der Waals surface area contributed by atoms with E-state index >= 15 is 0 Å². The van der Waals surface area contributed by atoms with Crippen molar-refractivity contribution in [1.29, 1.82) is 0 Å². The number of aliphatic hydroxyl groups is 1. The predicted octanol–water partition coefficient (Wildman–Crippen LogP) is 1.06. The minimum absolute atomic E-state index is 0.0765. The summed E-state index contributed by atoms with van der Waals surface area (Å²) in [5.41, 5.74) is 2.21. The fourth-order valence-corrected chi connectivity index (χ4v) is 3.10. The molecule has 0 unspecified atom stereocenters. The number of hydrogen-bond acceptors (Lipinski definition) is 3. The summed E-state index contributed by atoms with van der Waals surface area (Å²) in [5, 5.41) is 12.6. The van der Waals surface area contributed by atoms with Gasteiger partial charge in [0.1, 0.15) is 0 Å². The number of hydrogen-bond donors (Lipinski definition) is 2. The molecule has 96 valence electrons. The molecule has 1 fully saturated rings. The number of amides is 1. The molecule has 4 nitrogen and oxygen atoms in total. The maximum atomic E-state index is 12.4. The second kappa shape index (κ2) is 4.64. The highest BCUT2D eigenvalue weighted by molar-refractivity contribution is 9.10. The molecule has 2 aliphatic heterocycles. The standard InChI is InChI=1S/C13H15BrN2O2/c14-9-1-2-12-8(5-9)3-4-16(12)13(18)11-6-10(17)7-15-11/h1-2,5,10-11,15,17H,3-4,6-7H2/t10-,11+/m0/s1. The molecule has 0 spiro atoms. The normalized spacial score (nSPS) is 26.4. The van der Waals surface area contributed by atoms with Crippen LogP contribution in [0.1, 0.15) is 12.0 Å². The van der Waals surface area contributed by atoms with Crippen LogP contribution >= 0.6 is 15.9 Å². The van der Waals surface area contributed by atoms with Gasteiger partial charge in [-0.25, -0.2) is 0 Å². The van der Waals surface area contributed by atoms with E-state index < -0.39 is 6.10 Å². The average molecular weight is 311 g/mol. The first-order valence-electron chi connectivity index (χ1n) is 6.16. The highest BCUT2D eigenvalue weighted by atomic mass is 79.9. The maximum Gasteiger partial charge on any atom is 0.244 e. The number of nitrogens with zero attached hydrogens (tertiary/aromatic N) is 1. The number of halogens is 1. The second-order valence-corrected chi connectivity index (χ2v) is 5.78. The summed E-state index contributed by atoms with van der Waals surface area (Å²) in [4.78, 5) is 14.2. The lowest BCUT2D eigenvalue weighted by Gasteiger charge is -2.21. The van der Waals surface area contributed by atoms with E-state index in [1.165, 1.54) is 5.56 Å². The van der Waals surface area contributed by atoms with E-state index in [1.54, 1.807) is 0 Å². The highest BCUT2D eigenvalue weighted by Crippen LogP contribution is 2.31. The molecule has 2 atom stereocenters. The van der Waals surface area contributed by atoms with Crippen LogP contribution in [-0.2, 0) is 11.2 Å². The van der Waals surface area contributed by atoms with Crippen LogP contribution in [0.3, 0.4) is 0 Å². The lowest BCUT2D eigenvalue weighted by Crippen LogP contribution is -2.42. The number of fused-ring (bicyclic) bond motifs is 1. The Morgan fingerprint density at radius 1 is 1.50 bits per heavy atom. The van der Waals surface area contributed by atoms with Gasteiger partial charge < -0.3 is 15.3 Å². The molecule has 0 radical (unpaired) electrons. The zero-order valence-electron chi connectivity index (χ0n) is 9.90. The molecular weight excluding hydrogens is 296 g/mol. The lowest BCUT2D eigenvalue weighted by molar-refractivity contribution is -0.120. The van der Waals surface area contributed by atoms with Gasteiger partial charge in [0.05, 0.1) is 12.1 Å². The van der Waals surface area contributed by atoms with E-state index in [9.17, 15) is 9.90 Å². The first-order valence-corrected chi connectivity index (χ1v) is 6.95. The summed E-state index contributed by atoms with van der Waals surface area (Å²) < 4.78 is 1.05. The molecule has 1 aromatic carbocycles.